The number of carbonyl (C=O) groups excluding carboxylic acids is 1. The lowest BCUT2D eigenvalue weighted by Crippen LogP contribution is -2.59. The van der Waals surface area contributed by atoms with E-state index in [1.54, 1.807) is 7.11 Å². The Bertz CT molecular complexity index is 1390. The Morgan fingerprint density at radius 1 is 1.15 bits per heavy atom. The van der Waals surface area contributed by atoms with E-state index in [1.165, 1.54) is 17.5 Å². The van der Waals surface area contributed by atoms with Gasteiger partial charge < -0.3 is 25.6 Å². The summed E-state index contributed by atoms with van der Waals surface area (Å²) < 4.78 is 5.99. The van der Waals surface area contributed by atoms with Gasteiger partial charge in [0, 0.05) is 66.0 Å². The van der Waals surface area contributed by atoms with Crippen LogP contribution in [0.1, 0.15) is 43.2 Å². The lowest BCUT2D eigenvalue weighted by atomic mass is 9.74. The summed E-state index contributed by atoms with van der Waals surface area (Å²) in [6.07, 6.45) is 19.8. The second-order valence-corrected chi connectivity index (χ2v) is 13.3. The highest BCUT2D eigenvalue weighted by Crippen LogP contribution is 2.47. The quantitative estimate of drug-likeness (QED) is 0.222. The molecule has 7 nitrogen and oxygen atoms in total. The maximum atomic E-state index is 14.2. The number of likely N-dealkylation sites (tertiary alicyclic amines) is 1. The highest BCUT2D eigenvalue weighted by molar-refractivity contribution is 6.31. The molecule has 10 heteroatoms. The fourth-order valence-corrected chi connectivity index (χ4v) is 7.19. The first-order valence-corrected chi connectivity index (χ1v) is 17.1. The molecule has 2 aromatic carbocycles. The van der Waals surface area contributed by atoms with Crippen LogP contribution in [0.3, 0.4) is 0 Å². The van der Waals surface area contributed by atoms with Crippen molar-refractivity contribution >= 4 is 46.4 Å². The van der Waals surface area contributed by atoms with E-state index in [2.05, 4.69) is 65.9 Å². The second kappa shape index (κ2) is 19.1. The van der Waals surface area contributed by atoms with Crippen LogP contribution in [0.2, 0.25) is 10.0 Å². The molecule has 1 spiro atoms. The van der Waals surface area contributed by atoms with Crippen LogP contribution >= 0.6 is 34.8 Å². The van der Waals surface area contributed by atoms with Gasteiger partial charge in [0.05, 0.1) is 6.04 Å². The van der Waals surface area contributed by atoms with E-state index in [9.17, 15) is 4.79 Å². The van der Waals surface area contributed by atoms with Crippen LogP contribution in [-0.4, -0.2) is 69.5 Å². The Kier molecular flexibility index (Phi) is 15.7. The van der Waals surface area contributed by atoms with Gasteiger partial charge >= 0.3 is 0 Å². The number of carbonyl (C=O) groups is 1. The molecule has 0 radical (unpaired) electrons. The van der Waals surface area contributed by atoms with Crippen molar-refractivity contribution in [2.24, 2.45) is 5.73 Å². The number of likely N-dealkylation sites (N-methyl/N-ethyl adjacent to an activating group) is 1. The van der Waals surface area contributed by atoms with Crippen LogP contribution in [0.15, 0.2) is 78.5 Å². The van der Waals surface area contributed by atoms with Gasteiger partial charge in [-0.3, -0.25) is 10.1 Å². The van der Waals surface area contributed by atoms with Crippen molar-refractivity contribution in [3.8, 4) is 12.8 Å². The molecule has 1 fully saturated rings. The number of fused-ring (bicyclic) bond motifs is 2. The van der Waals surface area contributed by atoms with Gasteiger partial charge in [0.1, 0.15) is 6.23 Å². The van der Waals surface area contributed by atoms with Crippen LogP contribution in [-0.2, 0) is 21.4 Å². The predicted octanol–water partition coefficient (Wildman–Crippen LogP) is 6.64. The summed E-state index contributed by atoms with van der Waals surface area (Å²) in [4.78, 5) is 18.6. The van der Waals surface area contributed by atoms with E-state index in [0.717, 1.165) is 60.8 Å². The molecule has 5 rings (SSSR count). The molecule has 0 unspecified atom stereocenters. The van der Waals surface area contributed by atoms with Crippen LogP contribution in [0.5, 0.6) is 0 Å². The molecule has 4 N–H and O–H groups in total. The van der Waals surface area contributed by atoms with E-state index in [4.69, 9.17) is 39.5 Å². The van der Waals surface area contributed by atoms with Gasteiger partial charge in [-0.05, 0) is 98.8 Å². The van der Waals surface area contributed by atoms with Crippen molar-refractivity contribution in [1.29, 1.82) is 0 Å². The maximum Gasteiger partial charge on any atom is 0.240 e. The minimum Gasteiger partial charge on any atom is -0.405 e. The van der Waals surface area contributed by atoms with E-state index in [1.807, 2.05) is 47.4 Å². The summed E-state index contributed by atoms with van der Waals surface area (Å²) in [5.41, 5.74) is 8.23. The summed E-state index contributed by atoms with van der Waals surface area (Å²) in [6, 6.07) is 13.5. The number of hydrogen-bond acceptors (Lipinski definition) is 6. The first-order valence-electron chi connectivity index (χ1n) is 15.9. The lowest BCUT2D eigenvalue weighted by Gasteiger charge is -2.41. The highest BCUT2D eigenvalue weighted by Gasteiger charge is 2.45. The van der Waals surface area contributed by atoms with Crippen LogP contribution in [0.25, 0.3) is 0 Å². The van der Waals surface area contributed by atoms with Crippen LogP contribution in [0, 0.1) is 12.8 Å². The number of hydrogen-bond donors (Lipinski definition) is 3. The Labute approximate surface area is 296 Å². The third-order valence-electron chi connectivity index (χ3n) is 8.96. The van der Waals surface area contributed by atoms with Gasteiger partial charge in [0.25, 0.3) is 0 Å². The zero-order valence-electron chi connectivity index (χ0n) is 27.4. The van der Waals surface area contributed by atoms with E-state index in [0.29, 0.717) is 24.5 Å². The van der Waals surface area contributed by atoms with Crippen molar-refractivity contribution in [2.75, 3.05) is 45.2 Å². The molecule has 1 saturated heterocycles. The minimum absolute atomic E-state index is 0.0163. The number of piperidine rings is 1. The van der Waals surface area contributed by atoms with Crippen molar-refractivity contribution in [1.82, 2.24) is 15.5 Å². The number of nitrogens with zero attached hydrogens (tertiary/aromatic N) is 2. The number of nitrogens with one attached hydrogen (secondary N) is 2. The summed E-state index contributed by atoms with van der Waals surface area (Å²) in [7, 11) is 3.85. The zero-order valence-corrected chi connectivity index (χ0v) is 29.7. The van der Waals surface area contributed by atoms with Crippen LogP contribution in [0.4, 0.5) is 5.69 Å². The normalized spacial score (nSPS) is 21.8. The number of terminal acetylenes is 1. The summed E-state index contributed by atoms with van der Waals surface area (Å²) in [5, 5.41) is 9.45. The van der Waals surface area contributed by atoms with E-state index in [-0.39, 0.29) is 23.6 Å². The molecule has 0 aliphatic carbocycles. The molecule has 2 aromatic rings. The number of ether oxygens (including phenoxy) is 1. The third-order valence-corrected chi connectivity index (χ3v) is 9.73. The first kappa shape index (κ1) is 38.5. The summed E-state index contributed by atoms with van der Waals surface area (Å²) in [6.45, 7) is 6.29. The topological polar surface area (TPSA) is 82.9 Å². The third kappa shape index (κ3) is 10.5. The minimum atomic E-state index is -0.450. The number of rotatable bonds is 7. The van der Waals surface area contributed by atoms with E-state index < -0.39 is 6.04 Å². The average molecular weight is 701 g/mol. The molecule has 3 heterocycles. The molecule has 0 bridgehead atoms. The highest BCUT2D eigenvalue weighted by atomic mass is 35.5. The molecule has 3 atom stereocenters. The van der Waals surface area contributed by atoms with Crippen LogP contribution < -0.4 is 21.3 Å². The molecule has 3 aliphatic rings. The fourth-order valence-electron chi connectivity index (χ4n) is 6.69. The van der Waals surface area contributed by atoms with Crippen molar-refractivity contribution in [2.45, 2.75) is 62.3 Å². The fraction of sp³-hybridized carbons (Fsp3) is 0.432. The Hall–Kier alpha value is -2.96. The Morgan fingerprint density at radius 3 is 2.47 bits per heavy atom. The maximum absolute atomic E-state index is 14.2. The SMILES string of the molecule is C#C.C=CN.CO[C@H](N[C@H](Cc1ccc(Cl)cc1)C(=O)N1CCC2(CC1)CN(C)c1ccc(Cl)cc12)[C@@H]1CC/C=C(Cl)\C=C/CCN1. The summed E-state index contributed by atoms with van der Waals surface area (Å²) in [5.74, 6) is 0.102. The first-order chi connectivity index (χ1) is 22.7. The molecule has 1 amide bonds. The number of methoxy groups -OCH3 is 1. The Morgan fingerprint density at radius 2 is 1.81 bits per heavy atom. The molecule has 254 valence electrons. The molecular formula is C37H48Cl3N5O2. The second-order valence-electron chi connectivity index (χ2n) is 12.0. The molecule has 47 heavy (non-hydrogen) atoms. The number of nitrogens with two attached hydrogens (primary N) is 1. The molecule has 0 saturated carbocycles. The smallest absolute Gasteiger partial charge is 0.240 e. The standard InChI is InChI=1S/C33H41Cl3N4O2.C2H5N.C2H2/c1-39-22-33(27-21-26(36)13-14-30(27)39)15-18-40(19-16-33)32(41)29(20-23-9-11-25(35)12-10-23)38-31(42-2)28-8-5-7-24(34)6-3-4-17-37-28;1-2-3;1-2/h3,6-7,9-14,21,28-29,31,37-38H,4-5,8,15-20,22H2,1-2H3;2H,1,3H2;1-2H/b6-3-,24-7+;;/t28-,29+,31-;;/m0../s1. The number of benzene rings is 2. The lowest BCUT2D eigenvalue weighted by molar-refractivity contribution is -0.136. The zero-order chi connectivity index (χ0) is 34.4. The van der Waals surface area contributed by atoms with Crippen molar-refractivity contribution in [3.05, 3.63) is 99.7 Å². The monoisotopic (exact) mass is 699 g/mol. The largest absolute Gasteiger partial charge is 0.405 e. The van der Waals surface area contributed by atoms with E-state index >= 15 is 0 Å². The average Bonchev–Trinajstić information content (AvgIpc) is 3.33. The number of anilines is 1. The molecule has 0 aromatic heterocycles. The predicted molar refractivity (Wildman–Crippen MR) is 198 cm³/mol. The van der Waals surface area contributed by atoms with Crippen molar-refractivity contribution < 1.29 is 9.53 Å². The Balaban J connectivity index is 0.00000114. The number of amides is 1. The number of halogens is 3. The molecule has 3 aliphatic heterocycles. The van der Waals surface area contributed by atoms with Gasteiger partial charge in [-0.2, -0.15) is 0 Å². The van der Waals surface area contributed by atoms with Crippen molar-refractivity contribution in [3.63, 3.8) is 0 Å². The molecular weight excluding hydrogens is 653 g/mol. The van der Waals surface area contributed by atoms with Gasteiger partial charge in [-0.15, -0.1) is 12.8 Å². The number of allylic oxidation sites excluding steroid dienone is 3. The van der Waals surface area contributed by atoms with Gasteiger partial charge in [-0.1, -0.05) is 65.7 Å². The van der Waals surface area contributed by atoms with Gasteiger partial charge in [0.15, 0.2) is 0 Å². The summed E-state index contributed by atoms with van der Waals surface area (Å²) >= 11 is 18.9. The van der Waals surface area contributed by atoms with Gasteiger partial charge in [-0.25, -0.2) is 0 Å². The van der Waals surface area contributed by atoms with Gasteiger partial charge in [0.2, 0.25) is 5.91 Å².